The van der Waals surface area contributed by atoms with Gasteiger partial charge in [-0.15, -0.1) is 0 Å². The lowest BCUT2D eigenvalue weighted by Crippen LogP contribution is -2.41. The number of aromatic nitrogens is 2. The molecule has 0 bridgehead atoms. The molecule has 1 aromatic rings. The molecule has 2 saturated heterocycles. The molecule has 0 saturated carbocycles. The van der Waals surface area contributed by atoms with E-state index in [0.717, 1.165) is 31.6 Å². The summed E-state index contributed by atoms with van der Waals surface area (Å²) in [5.74, 6) is 1.96. The van der Waals surface area contributed by atoms with Crippen LogP contribution in [-0.2, 0) is 14.0 Å². The minimum absolute atomic E-state index is 0.297. The third-order valence-corrected chi connectivity index (χ3v) is 4.90. The molecular formula is C16H25BN2O3. The van der Waals surface area contributed by atoms with Crippen molar-refractivity contribution in [3.05, 3.63) is 23.9 Å². The van der Waals surface area contributed by atoms with Gasteiger partial charge < -0.3 is 14.0 Å². The summed E-state index contributed by atoms with van der Waals surface area (Å²) in [5, 5.41) is 4.47. The maximum Gasteiger partial charge on any atom is 0.487 e. The molecule has 0 radical (unpaired) electrons. The Bertz CT molecular complexity index is 531. The second-order valence-corrected chi connectivity index (χ2v) is 7.08. The zero-order chi connectivity index (χ0) is 15.8. The van der Waals surface area contributed by atoms with Crippen molar-refractivity contribution in [1.29, 1.82) is 0 Å². The van der Waals surface area contributed by atoms with Crippen LogP contribution in [0.15, 0.2) is 18.4 Å². The lowest BCUT2D eigenvalue weighted by Gasteiger charge is -2.32. The van der Waals surface area contributed by atoms with Crippen LogP contribution in [0.1, 0.15) is 52.1 Å². The molecule has 0 unspecified atom stereocenters. The first-order valence-corrected chi connectivity index (χ1v) is 8.03. The van der Waals surface area contributed by atoms with Gasteiger partial charge >= 0.3 is 7.12 Å². The molecule has 5 nitrogen and oxygen atoms in total. The Labute approximate surface area is 132 Å². The van der Waals surface area contributed by atoms with Gasteiger partial charge in [0, 0.05) is 25.0 Å². The van der Waals surface area contributed by atoms with Crippen LogP contribution in [-0.4, -0.2) is 41.3 Å². The second-order valence-electron chi connectivity index (χ2n) is 7.08. The maximum atomic E-state index is 5.96. The molecule has 2 fully saturated rings. The molecule has 0 atom stereocenters. The van der Waals surface area contributed by atoms with Crippen LogP contribution < -0.4 is 0 Å². The van der Waals surface area contributed by atoms with E-state index in [-0.39, 0.29) is 18.3 Å². The summed E-state index contributed by atoms with van der Waals surface area (Å²) in [6.07, 6.45) is 8.05. The van der Waals surface area contributed by atoms with Crippen molar-refractivity contribution in [2.45, 2.75) is 57.8 Å². The van der Waals surface area contributed by atoms with Crippen LogP contribution in [0.2, 0.25) is 0 Å². The normalized spacial score (nSPS) is 25.2. The van der Waals surface area contributed by atoms with Gasteiger partial charge in [-0.1, -0.05) is 12.1 Å². The number of hydrogen-bond donors (Lipinski definition) is 0. The van der Waals surface area contributed by atoms with Crippen LogP contribution in [0, 0.1) is 0 Å². The molecule has 0 amide bonds. The molecule has 3 rings (SSSR count). The van der Waals surface area contributed by atoms with Crippen molar-refractivity contribution in [3.63, 3.8) is 0 Å². The highest BCUT2D eigenvalue weighted by atomic mass is 16.7. The first-order chi connectivity index (χ1) is 10.4. The Morgan fingerprint density at radius 3 is 2.45 bits per heavy atom. The summed E-state index contributed by atoms with van der Waals surface area (Å²) in [7, 11) is -0.309. The van der Waals surface area contributed by atoms with Crippen molar-refractivity contribution in [3.8, 4) is 0 Å². The van der Waals surface area contributed by atoms with Crippen LogP contribution in [0.3, 0.4) is 0 Å². The maximum absolute atomic E-state index is 5.96. The summed E-state index contributed by atoms with van der Waals surface area (Å²) >= 11 is 0. The first kappa shape index (κ1) is 15.8. The van der Waals surface area contributed by atoms with Crippen molar-refractivity contribution >= 4 is 13.2 Å². The monoisotopic (exact) mass is 304 g/mol. The summed E-state index contributed by atoms with van der Waals surface area (Å²) in [6, 6.07) is 0.452. The molecule has 120 valence electrons. The van der Waals surface area contributed by atoms with Gasteiger partial charge in [0.1, 0.15) is 0 Å². The van der Waals surface area contributed by atoms with Crippen LogP contribution in [0.4, 0.5) is 0 Å². The van der Waals surface area contributed by atoms with Gasteiger partial charge in [0.2, 0.25) is 0 Å². The van der Waals surface area contributed by atoms with E-state index in [1.165, 1.54) is 0 Å². The van der Waals surface area contributed by atoms with E-state index < -0.39 is 0 Å². The van der Waals surface area contributed by atoms with E-state index in [4.69, 9.17) is 14.0 Å². The lowest BCUT2D eigenvalue weighted by molar-refractivity contribution is 0.00578. The number of rotatable bonds is 3. The highest BCUT2D eigenvalue weighted by Gasteiger charge is 2.49. The molecule has 0 aromatic carbocycles. The Morgan fingerprint density at radius 1 is 1.18 bits per heavy atom. The molecule has 3 heterocycles. The van der Waals surface area contributed by atoms with Gasteiger partial charge in [-0.2, -0.15) is 5.10 Å². The fourth-order valence-corrected chi connectivity index (χ4v) is 2.75. The summed E-state index contributed by atoms with van der Waals surface area (Å²) in [5.41, 5.74) is 0.476. The molecular weight excluding hydrogens is 279 g/mol. The standard InChI is InChI=1S/C16H25BN2O3/c1-15(2)16(3,4)22-17(21-15)8-5-13-11-18-19(12-13)14-6-9-20-10-7-14/h5,8,11-12,14H,6-7,9-10H2,1-4H3/b8-5+. The number of ether oxygens (including phenoxy) is 1. The second kappa shape index (κ2) is 5.83. The molecule has 2 aliphatic rings. The largest absolute Gasteiger partial charge is 0.487 e. The molecule has 1 aromatic heterocycles. The highest BCUT2D eigenvalue weighted by Crippen LogP contribution is 2.37. The van der Waals surface area contributed by atoms with E-state index >= 15 is 0 Å². The predicted octanol–water partition coefficient (Wildman–Crippen LogP) is 2.88. The molecule has 6 heteroatoms. The quantitative estimate of drug-likeness (QED) is 0.806. The van der Waals surface area contributed by atoms with Crippen molar-refractivity contribution in [1.82, 2.24) is 9.78 Å². The smallest absolute Gasteiger partial charge is 0.400 e. The van der Waals surface area contributed by atoms with Crippen LogP contribution in [0.25, 0.3) is 6.08 Å². The molecule has 2 aliphatic heterocycles. The van der Waals surface area contributed by atoms with Gasteiger partial charge in [-0.05, 0) is 40.5 Å². The van der Waals surface area contributed by atoms with Gasteiger partial charge in [0.05, 0.1) is 23.4 Å². The SMILES string of the molecule is CC1(C)OB(/C=C/c2cnn(C3CCOCC3)c2)OC1(C)C. The van der Waals surface area contributed by atoms with E-state index in [1.807, 2.05) is 22.9 Å². The Balaban J connectivity index is 1.63. The predicted molar refractivity (Wildman–Crippen MR) is 86.4 cm³/mol. The Hall–Kier alpha value is -1.11. The number of nitrogens with zero attached hydrogens (tertiary/aromatic N) is 2. The molecule has 0 aliphatic carbocycles. The summed E-state index contributed by atoms with van der Waals surface area (Å²) in [4.78, 5) is 0. The first-order valence-electron chi connectivity index (χ1n) is 8.03. The van der Waals surface area contributed by atoms with Gasteiger partial charge in [-0.25, -0.2) is 0 Å². The zero-order valence-corrected chi connectivity index (χ0v) is 13.9. The van der Waals surface area contributed by atoms with E-state index in [9.17, 15) is 0 Å². The Kier molecular flexibility index (Phi) is 4.18. The molecule has 0 spiro atoms. The van der Waals surface area contributed by atoms with Gasteiger partial charge in [-0.3, -0.25) is 4.68 Å². The van der Waals surface area contributed by atoms with Gasteiger partial charge in [0.25, 0.3) is 0 Å². The third kappa shape index (κ3) is 3.14. The topological polar surface area (TPSA) is 45.5 Å². The minimum atomic E-state index is -0.309. The third-order valence-electron chi connectivity index (χ3n) is 4.90. The van der Waals surface area contributed by atoms with Crippen molar-refractivity contribution in [2.75, 3.05) is 13.2 Å². The van der Waals surface area contributed by atoms with Crippen molar-refractivity contribution < 1.29 is 14.0 Å². The Morgan fingerprint density at radius 2 is 1.82 bits per heavy atom. The minimum Gasteiger partial charge on any atom is -0.400 e. The molecule has 22 heavy (non-hydrogen) atoms. The average Bonchev–Trinajstić information content (AvgIpc) is 3.01. The summed E-state index contributed by atoms with van der Waals surface area (Å²) in [6.45, 7) is 9.88. The average molecular weight is 304 g/mol. The van der Waals surface area contributed by atoms with E-state index in [0.29, 0.717) is 6.04 Å². The van der Waals surface area contributed by atoms with E-state index in [1.54, 1.807) is 0 Å². The van der Waals surface area contributed by atoms with Crippen molar-refractivity contribution in [2.24, 2.45) is 0 Å². The summed E-state index contributed by atoms with van der Waals surface area (Å²) < 4.78 is 19.4. The van der Waals surface area contributed by atoms with Gasteiger partial charge in [0.15, 0.2) is 0 Å². The molecule has 0 N–H and O–H groups in total. The zero-order valence-electron chi connectivity index (χ0n) is 13.9. The fraction of sp³-hybridized carbons (Fsp3) is 0.688. The van der Waals surface area contributed by atoms with E-state index in [2.05, 4.69) is 39.0 Å². The van der Waals surface area contributed by atoms with Crippen LogP contribution >= 0.6 is 0 Å². The van der Waals surface area contributed by atoms with Crippen LogP contribution in [0.5, 0.6) is 0 Å². The highest BCUT2D eigenvalue weighted by molar-refractivity contribution is 6.52. The fourth-order valence-electron chi connectivity index (χ4n) is 2.75. The number of hydrogen-bond acceptors (Lipinski definition) is 4. The lowest BCUT2D eigenvalue weighted by atomic mass is 9.89.